The molecule has 0 saturated carbocycles. The van der Waals surface area contributed by atoms with Crippen LogP contribution in [-0.4, -0.2) is 37.1 Å². The van der Waals surface area contributed by atoms with Crippen LogP contribution in [0.2, 0.25) is 0 Å². The van der Waals surface area contributed by atoms with Crippen molar-refractivity contribution in [2.45, 2.75) is 32.5 Å². The minimum absolute atomic E-state index is 0. The molecular weight excluding hydrogens is 422 g/mol. The van der Waals surface area contributed by atoms with Gasteiger partial charge in [0.05, 0.1) is 5.56 Å². The van der Waals surface area contributed by atoms with Crippen LogP contribution in [0.25, 0.3) is 0 Å². The first kappa shape index (κ1) is 21.7. The van der Waals surface area contributed by atoms with Crippen LogP contribution >= 0.6 is 24.0 Å². The van der Waals surface area contributed by atoms with Gasteiger partial charge in [0, 0.05) is 32.4 Å². The van der Waals surface area contributed by atoms with Gasteiger partial charge < -0.3 is 16.0 Å². The third-order valence-corrected chi connectivity index (χ3v) is 3.04. The summed E-state index contributed by atoms with van der Waals surface area (Å²) >= 11 is 0. The van der Waals surface area contributed by atoms with Crippen LogP contribution in [-0.2, 0) is 6.18 Å². The Morgan fingerprint density at radius 3 is 2.61 bits per heavy atom. The van der Waals surface area contributed by atoms with E-state index in [1.54, 1.807) is 7.05 Å². The standard InChI is InChI=1S/C14H22F3N5.HI/c1-4-10(2)22-13(18-3)21-9-8-20-12-11(14(15,16)17)6-5-7-19-12;/h5-7,10H,4,8-9H2,1-3H3,(H,19,20)(H2,18,21,22);1H. The number of hydrogen-bond acceptors (Lipinski definition) is 3. The van der Waals surface area contributed by atoms with Crippen LogP contribution in [0.1, 0.15) is 25.8 Å². The molecule has 1 aromatic heterocycles. The summed E-state index contributed by atoms with van der Waals surface area (Å²) in [6.45, 7) is 4.78. The lowest BCUT2D eigenvalue weighted by atomic mass is 10.2. The molecule has 1 aromatic rings. The molecule has 0 amide bonds. The number of aliphatic imine (C=N–C) groups is 1. The number of halogens is 4. The number of pyridine rings is 1. The van der Waals surface area contributed by atoms with Crippen molar-refractivity contribution in [3.8, 4) is 0 Å². The molecular formula is C14H23F3IN5. The fraction of sp³-hybridized carbons (Fsp3) is 0.571. The minimum atomic E-state index is -4.42. The molecule has 0 fully saturated rings. The molecule has 0 saturated heterocycles. The molecule has 1 unspecified atom stereocenters. The molecule has 5 nitrogen and oxygen atoms in total. The Kier molecular flexibility index (Phi) is 9.93. The van der Waals surface area contributed by atoms with E-state index in [0.717, 1.165) is 12.5 Å². The van der Waals surface area contributed by atoms with Gasteiger partial charge in [0.2, 0.25) is 0 Å². The Hall–Kier alpha value is -1.26. The zero-order valence-corrected chi connectivity index (χ0v) is 15.7. The number of alkyl halides is 3. The van der Waals surface area contributed by atoms with Crippen molar-refractivity contribution in [2.75, 3.05) is 25.5 Å². The molecule has 0 aromatic carbocycles. The third kappa shape index (κ3) is 7.71. The van der Waals surface area contributed by atoms with Crippen molar-refractivity contribution in [3.05, 3.63) is 23.9 Å². The van der Waals surface area contributed by atoms with E-state index in [4.69, 9.17) is 0 Å². The second-order valence-corrected chi connectivity index (χ2v) is 4.78. The van der Waals surface area contributed by atoms with Gasteiger partial charge in [-0.25, -0.2) is 4.98 Å². The van der Waals surface area contributed by atoms with E-state index >= 15 is 0 Å². The average molecular weight is 445 g/mol. The summed E-state index contributed by atoms with van der Waals surface area (Å²) in [5.41, 5.74) is -0.767. The van der Waals surface area contributed by atoms with E-state index in [2.05, 4.69) is 25.9 Å². The summed E-state index contributed by atoms with van der Waals surface area (Å²) in [5.74, 6) is 0.454. The Bertz CT molecular complexity index is 494. The lowest BCUT2D eigenvalue weighted by Gasteiger charge is -2.17. The average Bonchev–Trinajstić information content (AvgIpc) is 2.49. The Balaban J connectivity index is 0.00000484. The van der Waals surface area contributed by atoms with Crippen molar-refractivity contribution in [1.29, 1.82) is 0 Å². The highest BCUT2D eigenvalue weighted by atomic mass is 127. The molecule has 1 atom stereocenters. The molecule has 0 bridgehead atoms. The predicted molar refractivity (Wildman–Crippen MR) is 97.4 cm³/mol. The van der Waals surface area contributed by atoms with E-state index in [9.17, 15) is 13.2 Å². The second-order valence-electron chi connectivity index (χ2n) is 4.78. The van der Waals surface area contributed by atoms with Crippen LogP contribution in [0.5, 0.6) is 0 Å². The van der Waals surface area contributed by atoms with E-state index in [0.29, 0.717) is 19.0 Å². The smallest absolute Gasteiger partial charge is 0.368 e. The number of rotatable bonds is 6. The summed E-state index contributed by atoms with van der Waals surface area (Å²) in [7, 11) is 1.64. The van der Waals surface area contributed by atoms with Crippen LogP contribution in [0.3, 0.4) is 0 Å². The van der Waals surface area contributed by atoms with Crippen LogP contribution < -0.4 is 16.0 Å². The first-order valence-corrected chi connectivity index (χ1v) is 7.11. The monoisotopic (exact) mass is 445 g/mol. The summed E-state index contributed by atoms with van der Waals surface area (Å²) in [5, 5.41) is 8.89. The number of hydrogen-bond donors (Lipinski definition) is 3. The van der Waals surface area contributed by atoms with Crippen molar-refractivity contribution < 1.29 is 13.2 Å². The maximum atomic E-state index is 12.8. The van der Waals surface area contributed by atoms with E-state index < -0.39 is 11.7 Å². The molecule has 0 spiro atoms. The molecule has 9 heteroatoms. The normalized spacial score (nSPS) is 13.0. The molecule has 1 rings (SSSR count). The summed E-state index contributed by atoms with van der Waals surface area (Å²) < 4.78 is 38.4. The van der Waals surface area contributed by atoms with Crippen LogP contribution in [0.4, 0.5) is 19.0 Å². The molecule has 23 heavy (non-hydrogen) atoms. The van der Waals surface area contributed by atoms with E-state index in [1.807, 2.05) is 13.8 Å². The van der Waals surface area contributed by atoms with Crippen LogP contribution in [0.15, 0.2) is 23.3 Å². The van der Waals surface area contributed by atoms with Crippen LogP contribution in [0, 0.1) is 0 Å². The second kappa shape index (κ2) is 10.5. The van der Waals surface area contributed by atoms with E-state index in [-0.39, 0.29) is 35.8 Å². The first-order chi connectivity index (χ1) is 10.4. The third-order valence-electron chi connectivity index (χ3n) is 3.04. The molecule has 0 aliphatic rings. The molecule has 1 heterocycles. The first-order valence-electron chi connectivity index (χ1n) is 7.11. The number of aromatic nitrogens is 1. The molecule has 132 valence electrons. The Morgan fingerprint density at radius 1 is 1.35 bits per heavy atom. The largest absolute Gasteiger partial charge is 0.419 e. The highest BCUT2D eigenvalue weighted by Gasteiger charge is 2.33. The minimum Gasteiger partial charge on any atom is -0.368 e. The van der Waals surface area contributed by atoms with Gasteiger partial charge in [-0.05, 0) is 25.5 Å². The lowest BCUT2D eigenvalue weighted by Crippen LogP contribution is -2.43. The molecule has 0 aliphatic carbocycles. The van der Waals surface area contributed by atoms with Crippen molar-refractivity contribution in [1.82, 2.24) is 15.6 Å². The molecule has 0 aliphatic heterocycles. The van der Waals surface area contributed by atoms with Crippen molar-refractivity contribution in [2.24, 2.45) is 4.99 Å². The molecule has 3 N–H and O–H groups in total. The summed E-state index contributed by atoms with van der Waals surface area (Å²) in [6, 6.07) is 2.54. The Morgan fingerprint density at radius 2 is 2.04 bits per heavy atom. The van der Waals surface area contributed by atoms with Gasteiger partial charge in [0.25, 0.3) is 0 Å². The highest BCUT2D eigenvalue weighted by Crippen LogP contribution is 2.33. The fourth-order valence-corrected chi connectivity index (χ4v) is 1.67. The molecule has 0 radical (unpaired) electrons. The SMILES string of the molecule is CCC(C)NC(=NC)NCCNc1ncccc1C(F)(F)F.I. The van der Waals surface area contributed by atoms with E-state index in [1.165, 1.54) is 12.3 Å². The number of nitrogens with zero attached hydrogens (tertiary/aromatic N) is 2. The maximum absolute atomic E-state index is 12.8. The van der Waals surface area contributed by atoms with Gasteiger partial charge in [-0.2, -0.15) is 13.2 Å². The Labute approximate surface area is 151 Å². The summed E-state index contributed by atoms with van der Waals surface area (Å²) in [6.07, 6.45) is -2.14. The van der Waals surface area contributed by atoms with Gasteiger partial charge in [0.15, 0.2) is 5.96 Å². The quantitative estimate of drug-likeness (QED) is 0.273. The predicted octanol–water partition coefficient (Wildman–Crippen LogP) is 3.09. The lowest BCUT2D eigenvalue weighted by molar-refractivity contribution is -0.137. The van der Waals surface area contributed by atoms with Crippen molar-refractivity contribution in [3.63, 3.8) is 0 Å². The summed E-state index contributed by atoms with van der Waals surface area (Å²) in [4.78, 5) is 7.79. The number of nitrogens with one attached hydrogen (secondary N) is 3. The number of guanidine groups is 1. The van der Waals surface area contributed by atoms with Gasteiger partial charge in [-0.3, -0.25) is 4.99 Å². The van der Waals surface area contributed by atoms with Crippen molar-refractivity contribution >= 4 is 35.8 Å². The van der Waals surface area contributed by atoms with Gasteiger partial charge in [-0.15, -0.1) is 24.0 Å². The van der Waals surface area contributed by atoms with Gasteiger partial charge >= 0.3 is 6.18 Å². The highest BCUT2D eigenvalue weighted by molar-refractivity contribution is 14.0. The fourth-order valence-electron chi connectivity index (χ4n) is 1.67. The van der Waals surface area contributed by atoms with Gasteiger partial charge in [0.1, 0.15) is 5.82 Å². The number of anilines is 1. The zero-order valence-electron chi connectivity index (χ0n) is 13.4. The maximum Gasteiger partial charge on any atom is 0.419 e. The van der Waals surface area contributed by atoms with Gasteiger partial charge in [-0.1, -0.05) is 6.92 Å². The zero-order chi connectivity index (χ0) is 16.6. The topological polar surface area (TPSA) is 61.3 Å².